The maximum Gasteiger partial charge on any atom is 0.264 e. The Hall–Kier alpha value is -4.32. The van der Waals surface area contributed by atoms with Gasteiger partial charge >= 0.3 is 0 Å². The number of amides is 2. The van der Waals surface area contributed by atoms with Crippen LogP contribution >= 0.6 is 11.6 Å². The number of hydrogen-bond donors (Lipinski definition) is 1. The Morgan fingerprint density at radius 2 is 1.71 bits per heavy atom. The van der Waals surface area contributed by atoms with E-state index in [2.05, 4.69) is 5.32 Å². The minimum Gasteiger partial charge on any atom is -0.493 e. The molecule has 2 unspecified atom stereocenters. The van der Waals surface area contributed by atoms with Gasteiger partial charge in [0.1, 0.15) is 23.8 Å². The molecule has 2 amide bonds. The van der Waals surface area contributed by atoms with E-state index in [4.69, 9.17) is 35.4 Å². The molecule has 5 rings (SSSR count). The van der Waals surface area contributed by atoms with Gasteiger partial charge in [-0.1, -0.05) is 23.7 Å². The molecular formula is C33H35ClFN3O7. The van der Waals surface area contributed by atoms with Gasteiger partial charge < -0.3 is 29.1 Å². The van der Waals surface area contributed by atoms with Crippen molar-refractivity contribution in [3.63, 3.8) is 0 Å². The second-order valence-corrected chi connectivity index (χ2v) is 10.9. The first kappa shape index (κ1) is 32.1. The maximum absolute atomic E-state index is 15.7. The zero-order valence-electron chi connectivity index (χ0n) is 25.7. The number of hydrogen-bond acceptors (Lipinski definition) is 8. The minimum atomic E-state index is -1.04. The summed E-state index contributed by atoms with van der Waals surface area (Å²) in [5.74, 6) is -0.205. The van der Waals surface area contributed by atoms with Crippen molar-refractivity contribution in [1.29, 1.82) is 0 Å². The Bertz CT molecular complexity index is 1580. The minimum absolute atomic E-state index is 0.0883. The van der Waals surface area contributed by atoms with Crippen molar-refractivity contribution in [3.05, 3.63) is 82.3 Å². The number of hydroxylamine groups is 2. The number of methoxy groups -OCH3 is 3. The number of benzene rings is 3. The Morgan fingerprint density at radius 3 is 2.31 bits per heavy atom. The highest BCUT2D eigenvalue weighted by Gasteiger charge is 2.46. The second kappa shape index (κ2) is 13.8. The molecule has 0 bridgehead atoms. The molecule has 12 heteroatoms. The summed E-state index contributed by atoms with van der Waals surface area (Å²) in [5.41, 5.74) is 1.44. The molecule has 238 valence electrons. The molecule has 45 heavy (non-hydrogen) atoms. The van der Waals surface area contributed by atoms with Gasteiger partial charge in [0.15, 0.2) is 11.5 Å². The van der Waals surface area contributed by atoms with Gasteiger partial charge in [-0.2, -0.15) is 0 Å². The summed E-state index contributed by atoms with van der Waals surface area (Å²) >= 11 is 6.63. The second-order valence-electron chi connectivity index (χ2n) is 10.5. The molecule has 2 aliphatic rings. The Labute approximate surface area is 266 Å². The largest absolute Gasteiger partial charge is 0.493 e. The van der Waals surface area contributed by atoms with Crippen LogP contribution in [0.15, 0.2) is 65.9 Å². The zero-order chi connectivity index (χ0) is 32.2. The van der Waals surface area contributed by atoms with Crippen LogP contribution in [0.25, 0.3) is 0 Å². The van der Waals surface area contributed by atoms with Gasteiger partial charge in [0, 0.05) is 41.9 Å². The fourth-order valence-corrected chi connectivity index (χ4v) is 5.93. The molecule has 0 saturated carbocycles. The average Bonchev–Trinajstić information content (AvgIpc) is 3.37. The quantitative estimate of drug-likeness (QED) is 0.270. The van der Waals surface area contributed by atoms with E-state index >= 15 is 9.18 Å². The van der Waals surface area contributed by atoms with Gasteiger partial charge in [-0.25, -0.2) is 4.39 Å². The Morgan fingerprint density at radius 1 is 1.00 bits per heavy atom. The number of carbonyl (C=O) groups excluding carboxylic acids is 2. The van der Waals surface area contributed by atoms with Crippen molar-refractivity contribution >= 4 is 40.5 Å². The van der Waals surface area contributed by atoms with E-state index in [1.807, 2.05) is 0 Å². The van der Waals surface area contributed by atoms with Gasteiger partial charge in [0.05, 0.1) is 38.3 Å². The van der Waals surface area contributed by atoms with E-state index in [1.54, 1.807) is 49.4 Å². The lowest BCUT2D eigenvalue weighted by atomic mass is 9.95. The van der Waals surface area contributed by atoms with Gasteiger partial charge in [0.2, 0.25) is 11.7 Å². The van der Waals surface area contributed by atoms with Crippen LogP contribution in [0.3, 0.4) is 0 Å². The molecule has 10 nitrogen and oxygen atoms in total. The van der Waals surface area contributed by atoms with Crippen LogP contribution in [0.1, 0.15) is 44.7 Å². The number of ether oxygens (including phenoxy) is 4. The van der Waals surface area contributed by atoms with Crippen molar-refractivity contribution in [2.45, 2.75) is 45.4 Å². The molecule has 0 spiro atoms. The van der Waals surface area contributed by atoms with E-state index in [-0.39, 0.29) is 27.8 Å². The summed E-state index contributed by atoms with van der Waals surface area (Å²) in [4.78, 5) is 34.6. The predicted octanol–water partition coefficient (Wildman–Crippen LogP) is 6.92. The standard InChI is InChI=1S/C33H35ClFN3O7/c1-19-29(31(30-24(34)12-9-13-25(30)35)38(45-19)28-14-6-7-15-44-28)33(40)37(22-11-8-10-21(16-22)36-20(2)39)23-17-26(41-3)32(43-5)27(18-23)42-4/h8-13,16-18,28,31H,6-7,14-15H2,1-5H3,(H,36,39). The van der Waals surface area contributed by atoms with Crippen LogP contribution in [0.4, 0.5) is 21.5 Å². The number of rotatable bonds is 9. The third-order valence-electron chi connectivity index (χ3n) is 7.63. The number of nitrogens with zero attached hydrogens (tertiary/aromatic N) is 2. The SMILES string of the molecule is COc1cc(N(C(=O)C2=C(C)ON(C3CCCCO3)C2c2c(F)cccc2Cl)c2cccc(NC(C)=O)c2)cc(OC)c1OC. The number of halogens is 2. The van der Waals surface area contributed by atoms with Gasteiger partial charge in [-0.3, -0.25) is 14.5 Å². The fourth-order valence-electron chi connectivity index (χ4n) is 5.67. The Balaban J connectivity index is 1.71. The number of allylic oxidation sites excluding steroid dienone is 1. The first-order valence-corrected chi connectivity index (χ1v) is 14.8. The lowest BCUT2D eigenvalue weighted by Gasteiger charge is -2.35. The normalized spacial score (nSPS) is 18.3. The van der Waals surface area contributed by atoms with Crippen molar-refractivity contribution in [3.8, 4) is 17.2 Å². The smallest absolute Gasteiger partial charge is 0.264 e. The molecule has 1 fully saturated rings. The van der Waals surface area contributed by atoms with Crippen molar-refractivity contribution < 1.29 is 37.8 Å². The predicted molar refractivity (Wildman–Crippen MR) is 167 cm³/mol. The van der Waals surface area contributed by atoms with Crippen LogP contribution in [0.5, 0.6) is 17.2 Å². The summed E-state index contributed by atoms with van der Waals surface area (Å²) in [6.07, 6.45) is 1.83. The molecule has 2 aliphatic heterocycles. The monoisotopic (exact) mass is 639 g/mol. The third kappa shape index (κ3) is 6.42. The molecule has 0 radical (unpaired) electrons. The first-order chi connectivity index (χ1) is 21.7. The van der Waals surface area contributed by atoms with Crippen LogP contribution in [0, 0.1) is 5.82 Å². The molecule has 3 aromatic rings. The van der Waals surface area contributed by atoms with E-state index in [1.165, 1.54) is 50.3 Å². The molecule has 1 saturated heterocycles. The van der Waals surface area contributed by atoms with Gasteiger partial charge in [-0.05, 0) is 56.5 Å². The average molecular weight is 640 g/mol. The van der Waals surface area contributed by atoms with Gasteiger partial charge in [0.25, 0.3) is 5.91 Å². The van der Waals surface area contributed by atoms with Crippen molar-refractivity contribution in [1.82, 2.24) is 5.06 Å². The van der Waals surface area contributed by atoms with E-state index < -0.39 is 24.0 Å². The highest BCUT2D eigenvalue weighted by atomic mass is 35.5. The molecule has 1 N–H and O–H groups in total. The lowest BCUT2D eigenvalue weighted by molar-refractivity contribution is -0.242. The van der Waals surface area contributed by atoms with E-state index in [0.717, 1.165) is 12.8 Å². The Kier molecular flexibility index (Phi) is 9.81. The van der Waals surface area contributed by atoms with Crippen molar-refractivity contribution in [2.75, 3.05) is 38.2 Å². The number of anilines is 3. The molecule has 2 atom stereocenters. The zero-order valence-corrected chi connectivity index (χ0v) is 26.4. The summed E-state index contributed by atoms with van der Waals surface area (Å²) in [7, 11) is 4.43. The third-order valence-corrected chi connectivity index (χ3v) is 7.96. The van der Waals surface area contributed by atoms with Crippen LogP contribution in [0.2, 0.25) is 5.02 Å². The highest BCUT2D eigenvalue weighted by molar-refractivity contribution is 6.31. The summed E-state index contributed by atoms with van der Waals surface area (Å²) < 4.78 is 38.4. The summed E-state index contributed by atoms with van der Waals surface area (Å²) in [5, 5.41) is 4.41. The van der Waals surface area contributed by atoms with Gasteiger partial charge in [-0.15, -0.1) is 5.06 Å². The molecule has 0 aromatic heterocycles. The first-order valence-electron chi connectivity index (χ1n) is 14.4. The molecule has 0 aliphatic carbocycles. The summed E-state index contributed by atoms with van der Waals surface area (Å²) in [6, 6.07) is 13.4. The fraction of sp³-hybridized carbons (Fsp3) is 0.333. The van der Waals surface area contributed by atoms with Crippen LogP contribution in [-0.2, 0) is 19.2 Å². The molecule has 2 heterocycles. The molecular weight excluding hydrogens is 605 g/mol. The van der Waals surface area contributed by atoms with E-state index in [0.29, 0.717) is 47.3 Å². The van der Waals surface area contributed by atoms with Crippen molar-refractivity contribution in [2.24, 2.45) is 0 Å². The van der Waals surface area contributed by atoms with E-state index in [9.17, 15) is 4.79 Å². The number of nitrogens with one attached hydrogen (secondary N) is 1. The van der Waals surface area contributed by atoms with Crippen LogP contribution < -0.4 is 24.4 Å². The van der Waals surface area contributed by atoms with Crippen LogP contribution in [-0.4, -0.2) is 51.0 Å². The highest BCUT2D eigenvalue weighted by Crippen LogP contribution is 2.48. The topological polar surface area (TPSA) is 98.8 Å². The lowest BCUT2D eigenvalue weighted by Crippen LogP contribution is -2.41. The number of carbonyl (C=O) groups is 2. The maximum atomic E-state index is 15.7. The summed E-state index contributed by atoms with van der Waals surface area (Å²) in [6.45, 7) is 3.54. The molecule has 3 aromatic carbocycles.